The third-order valence-corrected chi connectivity index (χ3v) is 2.41. The minimum absolute atomic E-state index is 0.237. The quantitative estimate of drug-likeness (QED) is 0.814. The number of ether oxygens (including phenoxy) is 1. The number of hydrogen-bond acceptors (Lipinski definition) is 2. The van der Waals surface area contributed by atoms with Crippen LogP contribution in [-0.4, -0.2) is 18.3 Å². The summed E-state index contributed by atoms with van der Waals surface area (Å²) in [6, 6.07) is 4.33. The van der Waals surface area contributed by atoms with Crippen molar-refractivity contribution in [1.82, 2.24) is 0 Å². The molecular formula is C14H17FO2. The molecule has 0 amide bonds. The normalized spacial score (nSPS) is 11.5. The Bertz CT molecular complexity index is 418. The first kappa shape index (κ1) is 13.5. The van der Waals surface area contributed by atoms with Gasteiger partial charge in [-0.25, -0.2) is 4.39 Å². The summed E-state index contributed by atoms with van der Waals surface area (Å²) < 4.78 is 18.7. The van der Waals surface area contributed by atoms with E-state index in [0.717, 1.165) is 6.42 Å². The van der Waals surface area contributed by atoms with E-state index in [2.05, 4.69) is 25.7 Å². The van der Waals surface area contributed by atoms with Crippen LogP contribution < -0.4 is 4.74 Å². The molecule has 0 aliphatic heterocycles. The number of halogens is 1. The molecule has 1 aromatic carbocycles. The van der Waals surface area contributed by atoms with Gasteiger partial charge in [-0.15, -0.1) is 0 Å². The van der Waals surface area contributed by atoms with Crippen molar-refractivity contribution in [2.24, 2.45) is 5.92 Å². The third kappa shape index (κ3) is 4.88. The number of aliphatic hydroxyl groups is 1. The highest BCUT2D eigenvalue weighted by atomic mass is 19.1. The molecule has 0 saturated heterocycles. The van der Waals surface area contributed by atoms with E-state index in [0.29, 0.717) is 23.8 Å². The standard InChI is InChI=1S/C14H17FO2/c1-3-11(2)10-17-14-8-12(5-4-6-16)7-13(15)9-14/h7-9,11,16H,3,6,10H2,1-2H3. The van der Waals surface area contributed by atoms with Gasteiger partial charge in [0.15, 0.2) is 0 Å². The van der Waals surface area contributed by atoms with Gasteiger partial charge in [0.25, 0.3) is 0 Å². The number of hydrogen-bond donors (Lipinski definition) is 1. The summed E-state index contributed by atoms with van der Waals surface area (Å²) in [5, 5.41) is 8.58. The zero-order valence-electron chi connectivity index (χ0n) is 10.2. The maximum absolute atomic E-state index is 13.3. The van der Waals surface area contributed by atoms with Gasteiger partial charge in [-0.2, -0.15) is 0 Å². The zero-order valence-corrected chi connectivity index (χ0v) is 10.2. The molecule has 0 aliphatic carbocycles. The Kier molecular flexibility index (Phi) is 5.51. The Balaban J connectivity index is 2.75. The Morgan fingerprint density at radius 2 is 2.18 bits per heavy atom. The fourth-order valence-corrected chi connectivity index (χ4v) is 1.22. The lowest BCUT2D eigenvalue weighted by atomic mass is 10.1. The van der Waals surface area contributed by atoms with Crippen LogP contribution in [0.5, 0.6) is 5.75 Å². The Morgan fingerprint density at radius 1 is 1.41 bits per heavy atom. The first-order chi connectivity index (χ1) is 8.15. The average Bonchev–Trinajstić information content (AvgIpc) is 2.32. The van der Waals surface area contributed by atoms with Crippen molar-refractivity contribution in [2.75, 3.05) is 13.2 Å². The average molecular weight is 236 g/mol. The topological polar surface area (TPSA) is 29.5 Å². The van der Waals surface area contributed by atoms with Crippen molar-refractivity contribution >= 4 is 0 Å². The number of benzene rings is 1. The van der Waals surface area contributed by atoms with E-state index in [-0.39, 0.29) is 12.4 Å². The van der Waals surface area contributed by atoms with Crippen LogP contribution in [0.4, 0.5) is 4.39 Å². The van der Waals surface area contributed by atoms with Gasteiger partial charge in [-0.3, -0.25) is 0 Å². The lowest BCUT2D eigenvalue weighted by molar-refractivity contribution is 0.255. The van der Waals surface area contributed by atoms with Gasteiger partial charge < -0.3 is 9.84 Å². The minimum atomic E-state index is -0.381. The molecule has 1 N–H and O–H groups in total. The fourth-order valence-electron chi connectivity index (χ4n) is 1.22. The van der Waals surface area contributed by atoms with Crippen molar-refractivity contribution in [2.45, 2.75) is 20.3 Å². The smallest absolute Gasteiger partial charge is 0.128 e. The van der Waals surface area contributed by atoms with Crippen molar-refractivity contribution in [1.29, 1.82) is 0 Å². The third-order valence-electron chi connectivity index (χ3n) is 2.41. The highest BCUT2D eigenvalue weighted by Crippen LogP contribution is 2.17. The predicted molar refractivity (Wildman–Crippen MR) is 65.3 cm³/mol. The summed E-state index contributed by atoms with van der Waals surface area (Å²) in [5.74, 6) is 5.67. The van der Waals surface area contributed by atoms with Gasteiger partial charge in [0, 0.05) is 11.6 Å². The molecule has 1 aromatic rings. The second kappa shape index (κ2) is 6.93. The summed E-state index contributed by atoms with van der Waals surface area (Å²) >= 11 is 0. The SMILES string of the molecule is CCC(C)COc1cc(F)cc(C#CCO)c1. The largest absolute Gasteiger partial charge is 0.493 e. The Hall–Kier alpha value is -1.53. The molecular weight excluding hydrogens is 219 g/mol. The van der Waals surface area contributed by atoms with E-state index in [1.807, 2.05) is 0 Å². The molecule has 0 aliphatic rings. The molecule has 1 rings (SSSR count). The van der Waals surface area contributed by atoms with E-state index in [9.17, 15) is 4.39 Å². The van der Waals surface area contributed by atoms with Gasteiger partial charge >= 0.3 is 0 Å². The maximum atomic E-state index is 13.3. The van der Waals surface area contributed by atoms with Gasteiger partial charge in [-0.05, 0) is 18.1 Å². The molecule has 0 saturated carbocycles. The van der Waals surface area contributed by atoms with Crippen LogP contribution in [0.25, 0.3) is 0 Å². The highest BCUT2D eigenvalue weighted by Gasteiger charge is 2.03. The van der Waals surface area contributed by atoms with Crippen LogP contribution in [-0.2, 0) is 0 Å². The second-order valence-electron chi connectivity index (χ2n) is 3.96. The van der Waals surface area contributed by atoms with Crippen LogP contribution >= 0.6 is 0 Å². The molecule has 17 heavy (non-hydrogen) atoms. The second-order valence-corrected chi connectivity index (χ2v) is 3.96. The van der Waals surface area contributed by atoms with Gasteiger partial charge in [0.2, 0.25) is 0 Å². The molecule has 1 unspecified atom stereocenters. The lowest BCUT2D eigenvalue weighted by Crippen LogP contribution is -2.07. The van der Waals surface area contributed by atoms with E-state index < -0.39 is 0 Å². The van der Waals surface area contributed by atoms with Crippen LogP contribution in [0.15, 0.2) is 18.2 Å². The molecule has 3 heteroatoms. The molecule has 0 spiro atoms. The molecule has 0 aromatic heterocycles. The van der Waals surface area contributed by atoms with E-state index >= 15 is 0 Å². The Labute approximate surface area is 101 Å². The van der Waals surface area contributed by atoms with Crippen LogP contribution in [0, 0.1) is 23.6 Å². The van der Waals surface area contributed by atoms with Crippen molar-refractivity contribution in [3.63, 3.8) is 0 Å². The summed E-state index contributed by atoms with van der Waals surface area (Å²) in [4.78, 5) is 0. The first-order valence-electron chi connectivity index (χ1n) is 5.68. The summed E-state index contributed by atoms with van der Waals surface area (Å²) in [5.41, 5.74) is 0.512. The van der Waals surface area contributed by atoms with Crippen molar-refractivity contribution in [3.05, 3.63) is 29.6 Å². The van der Waals surface area contributed by atoms with E-state index in [1.165, 1.54) is 12.1 Å². The fraction of sp³-hybridized carbons (Fsp3) is 0.429. The molecule has 0 bridgehead atoms. The highest BCUT2D eigenvalue weighted by molar-refractivity contribution is 5.40. The summed E-state index contributed by atoms with van der Waals surface area (Å²) in [7, 11) is 0. The molecule has 0 heterocycles. The molecule has 2 nitrogen and oxygen atoms in total. The number of aliphatic hydroxyl groups excluding tert-OH is 1. The summed E-state index contributed by atoms with van der Waals surface area (Å²) in [6.07, 6.45) is 1.02. The van der Waals surface area contributed by atoms with Gasteiger partial charge in [-0.1, -0.05) is 32.1 Å². The Morgan fingerprint density at radius 3 is 2.82 bits per heavy atom. The lowest BCUT2D eigenvalue weighted by Gasteiger charge is -2.11. The van der Waals surface area contributed by atoms with Crippen LogP contribution in [0.1, 0.15) is 25.8 Å². The monoisotopic (exact) mass is 236 g/mol. The van der Waals surface area contributed by atoms with Crippen LogP contribution in [0.3, 0.4) is 0 Å². The van der Waals surface area contributed by atoms with E-state index in [4.69, 9.17) is 9.84 Å². The van der Waals surface area contributed by atoms with Crippen LogP contribution in [0.2, 0.25) is 0 Å². The molecule has 0 radical (unpaired) electrons. The number of rotatable bonds is 4. The van der Waals surface area contributed by atoms with Crippen molar-refractivity contribution in [3.8, 4) is 17.6 Å². The maximum Gasteiger partial charge on any atom is 0.128 e. The summed E-state index contributed by atoms with van der Waals surface area (Å²) in [6.45, 7) is 4.48. The minimum Gasteiger partial charge on any atom is -0.493 e. The van der Waals surface area contributed by atoms with Gasteiger partial charge in [0.05, 0.1) is 6.61 Å². The first-order valence-corrected chi connectivity index (χ1v) is 5.68. The zero-order chi connectivity index (χ0) is 12.7. The van der Waals surface area contributed by atoms with E-state index in [1.54, 1.807) is 6.07 Å². The predicted octanol–water partition coefficient (Wildman–Crippen LogP) is 2.59. The molecule has 0 fully saturated rings. The molecule has 1 atom stereocenters. The van der Waals surface area contributed by atoms with Crippen molar-refractivity contribution < 1.29 is 14.2 Å². The molecule has 92 valence electrons. The van der Waals surface area contributed by atoms with Gasteiger partial charge in [0.1, 0.15) is 18.2 Å².